The highest BCUT2D eigenvalue weighted by Gasteiger charge is 2.16. The van der Waals surface area contributed by atoms with E-state index in [4.69, 9.17) is 5.73 Å². The second-order valence-corrected chi connectivity index (χ2v) is 4.61. The van der Waals surface area contributed by atoms with Gasteiger partial charge in [0.15, 0.2) is 0 Å². The summed E-state index contributed by atoms with van der Waals surface area (Å²) >= 11 is 0. The van der Waals surface area contributed by atoms with Crippen molar-refractivity contribution >= 4 is 0 Å². The van der Waals surface area contributed by atoms with Gasteiger partial charge in [0.1, 0.15) is 0 Å². The minimum absolute atomic E-state index is 0.294. The normalized spacial score (nSPS) is 26.7. The Hall–Kier alpha value is -0.380. The summed E-state index contributed by atoms with van der Waals surface area (Å²) in [6, 6.07) is 0.294. The molecule has 2 N–H and O–H groups in total. The van der Waals surface area contributed by atoms with Crippen molar-refractivity contribution in [2.24, 2.45) is 11.7 Å². The van der Waals surface area contributed by atoms with E-state index in [2.05, 4.69) is 43.1 Å². The summed E-state index contributed by atoms with van der Waals surface area (Å²) in [6.45, 7) is 3.39. The topological polar surface area (TPSA) is 32.5 Å². The molecule has 0 saturated carbocycles. The van der Waals surface area contributed by atoms with Crippen LogP contribution >= 0.6 is 0 Å². The number of likely N-dealkylation sites (N-methyl/N-ethyl adjacent to an activating group) is 2. The van der Waals surface area contributed by atoms with Crippen LogP contribution in [0.4, 0.5) is 0 Å². The predicted octanol–water partition coefficient (Wildman–Crippen LogP) is 0.383. The van der Waals surface area contributed by atoms with Crippen LogP contribution < -0.4 is 5.73 Å². The van der Waals surface area contributed by atoms with E-state index in [1.54, 1.807) is 0 Å². The summed E-state index contributed by atoms with van der Waals surface area (Å²) < 4.78 is 0. The van der Waals surface area contributed by atoms with Crippen LogP contribution in [0.5, 0.6) is 0 Å². The van der Waals surface area contributed by atoms with Crippen LogP contribution in [0.3, 0.4) is 0 Å². The van der Waals surface area contributed by atoms with Crippen molar-refractivity contribution in [3.8, 4) is 0 Å². The van der Waals surface area contributed by atoms with Gasteiger partial charge in [-0.25, -0.2) is 0 Å². The van der Waals surface area contributed by atoms with Crippen LogP contribution in [-0.2, 0) is 0 Å². The molecular weight excluding hydrogens is 174 g/mol. The van der Waals surface area contributed by atoms with Gasteiger partial charge in [0, 0.05) is 25.7 Å². The molecule has 0 fully saturated rings. The first-order valence-corrected chi connectivity index (χ1v) is 5.35. The Balaban J connectivity index is 2.14. The Bertz CT molecular complexity index is 189. The lowest BCUT2D eigenvalue weighted by atomic mass is 10.1. The standard InChI is InChI=1S/C11H23N3/c1-13(2)6-7-14(3)9-10-4-5-11(12)8-10/h4-5,10-11H,6-9,12H2,1-3H3. The molecule has 2 unspecified atom stereocenters. The van der Waals surface area contributed by atoms with Gasteiger partial charge in [-0.15, -0.1) is 0 Å². The minimum Gasteiger partial charge on any atom is -0.324 e. The lowest BCUT2D eigenvalue weighted by Crippen LogP contribution is -2.32. The Morgan fingerprint density at radius 2 is 1.93 bits per heavy atom. The Morgan fingerprint density at radius 1 is 1.21 bits per heavy atom. The van der Waals surface area contributed by atoms with Gasteiger partial charge in [0.25, 0.3) is 0 Å². The fourth-order valence-electron chi connectivity index (χ4n) is 1.80. The van der Waals surface area contributed by atoms with Crippen molar-refractivity contribution in [3.63, 3.8) is 0 Å². The molecule has 0 heterocycles. The zero-order valence-electron chi connectivity index (χ0n) is 9.61. The third kappa shape index (κ3) is 4.22. The maximum atomic E-state index is 5.81. The fraction of sp³-hybridized carbons (Fsp3) is 0.818. The Labute approximate surface area is 87.6 Å². The molecular formula is C11H23N3. The van der Waals surface area contributed by atoms with Crippen molar-refractivity contribution in [2.45, 2.75) is 12.5 Å². The summed E-state index contributed by atoms with van der Waals surface area (Å²) in [5, 5.41) is 0. The molecule has 0 aromatic heterocycles. The van der Waals surface area contributed by atoms with Gasteiger partial charge in [-0.1, -0.05) is 12.2 Å². The van der Waals surface area contributed by atoms with Gasteiger partial charge >= 0.3 is 0 Å². The second kappa shape index (κ2) is 5.49. The number of nitrogens with two attached hydrogens (primary N) is 1. The molecule has 0 aliphatic heterocycles. The Kier molecular flexibility index (Phi) is 4.58. The molecule has 0 radical (unpaired) electrons. The van der Waals surface area contributed by atoms with E-state index in [9.17, 15) is 0 Å². The van der Waals surface area contributed by atoms with Crippen molar-refractivity contribution in [1.82, 2.24) is 9.80 Å². The van der Waals surface area contributed by atoms with Crippen molar-refractivity contribution in [1.29, 1.82) is 0 Å². The zero-order valence-corrected chi connectivity index (χ0v) is 9.61. The summed E-state index contributed by atoms with van der Waals surface area (Å²) in [7, 11) is 6.40. The summed E-state index contributed by atoms with van der Waals surface area (Å²) in [6.07, 6.45) is 5.51. The van der Waals surface area contributed by atoms with Gasteiger partial charge in [-0.05, 0) is 33.5 Å². The lowest BCUT2D eigenvalue weighted by Gasteiger charge is -2.22. The van der Waals surface area contributed by atoms with E-state index in [0.717, 1.165) is 26.1 Å². The van der Waals surface area contributed by atoms with E-state index >= 15 is 0 Å². The van der Waals surface area contributed by atoms with Crippen LogP contribution in [0, 0.1) is 5.92 Å². The van der Waals surface area contributed by atoms with Crippen molar-refractivity contribution in [2.75, 3.05) is 40.8 Å². The van der Waals surface area contributed by atoms with Crippen LogP contribution in [0.1, 0.15) is 6.42 Å². The molecule has 1 aliphatic carbocycles. The molecule has 1 aliphatic rings. The molecule has 1 rings (SSSR count). The molecule has 0 amide bonds. The van der Waals surface area contributed by atoms with Crippen molar-refractivity contribution < 1.29 is 0 Å². The maximum absolute atomic E-state index is 5.81. The average molecular weight is 197 g/mol. The molecule has 0 aromatic rings. The van der Waals surface area contributed by atoms with E-state index in [1.807, 2.05) is 0 Å². The molecule has 82 valence electrons. The molecule has 0 bridgehead atoms. The average Bonchev–Trinajstić information content (AvgIpc) is 2.48. The predicted molar refractivity (Wildman–Crippen MR) is 61.3 cm³/mol. The summed E-state index contributed by atoms with van der Waals surface area (Å²) in [5.41, 5.74) is 5.81. The third-order valence-corrected chi connectivity index (χ3v) is 2.68. The van der Waals surface area contributed by atoms with Crippen LogP contribution in [0.15, 0.2) is 12.2 Å². The second-order valence-electron chi connectivity index (χ2n) is 4.61. The minimum atomic E-state index is 0.294. The first-order valence-electron chi connectivity index (χ1n) is 5.35. The number of rotatable bonds is 5. The largest absolute Gasteiger partial charge is 0.324 e. The maximum Gasteiger partial charge on any atom is 0.0229 e. The zero-order chi connectivity index (χ0) is 10.6. The number of nitrogens with zero attached hydrogens (tertiary/aromatic N) is 2. The highest BCUT2D eigenvalue weighted by atomic mass is 15.1. The van der Waals surface area contributed by atoms with E-state index < -0.39 is 0 Å². The van der Waals surface area contributed by atoms with Gasteiger partial charge in [-0.2, -0.15) is 0 Å². The van der Waals surface area contributed by atoms with E-state index in [0.29, 0.717) is 12.0 Å². The molecule has 0 aromatic carbocycles. The van der Waals surface area contributed by atoms with E-state index in [-0.39, 0.29) is 0 Å². The monoisotopic (exact) mass is 197 g/mol. The van der Waals surface area contributed by atoms with Gasteiger partial charge < -0.3 is 15.5 Å². The molecule has 3 heteroatoms. The highest BCUT2D eigenvalue weighted by molar-refractivity contribution is 5.05. The number of hydrogen-bond donors (Lipinski definition) is 1. The lowest BCUT2D eigenvalue weighted by molar-refractivity contribution is 0.259. The Morgan fingerprint density at radius 3 is 2.43 bits per heavy atom. The van der Waals surface area contributed by atoms with Crippen LogP contribution in [0.2, 0.25) is 0 Å². The van der Waals surface area contributed by atoms with Gasteiger partial charge in [0.2, 0.25) is 0 Å². The smallest absolute Gasteiger partial charge is 0.0229 e. The van der Waals surface area contributed by atoms with Crippen LogP contribution in [0.25, 0.3) is 0 Å². The quantitative estimate of drug-likeness (QED) is 0.647. The molecule has 0 saturated heterocycles. The van der Waals surface area contributed by atoms with Gasteiger partial charge in [-0.3, -0.25) is 0 Å². The fourth-order valence-corrected chi connectivity index (χ4v) is 1.80. The summed E-state index contributed by atoms with van der Waals surface area (Å²) in [4.78, 5) is 4.60. The number of hydrogen-bond acceptors (Lipinski definition) is 3. The SMILES string of the molecule is CN(C)CCN(C)CC1C=CC(N)C1. The molecule has 14 heavy (non-hydrogen) atoms. The first-order chi connectivity index (χ1) is 6.58. The van der Waals surface area contributed by atoms with Crippen molar-refractivity contribution in [3.05, 3.63) is 12.2 Å². The first kappa shape index (κ1) is 11.7. The molecule has 2 atom stereocenters. The molecule has 0 spiro atoms. The van der Waals surface area contributed by atoms with E-state index in [1.165, 1.54) is 0 Å². The van der Waals surface area contributed by atoms with Gasteiger partial charge in [0.05, 0.1) is 0 Å². The van der Waals surface area contributed by atoms with Crippen LogP contribution in [-0.4, -0.2) is 56.6 Å². The summed E-state index contributed by atoms with van der Waals surface area (Å²) in [5.74, 6) is 0.664. The third-order valence-electron chi connectivity index (χ3n) is 2.68. The highest BCUT2D eigenvalue weighted by Crippen LogP contribution is 2.16. The molecule has 3 nitrogen and oxygen atoms in total.